The van der Waals surface area contributed by atoms with Crippen molar-refractivity contribution in [1.29, 1.82) is 0 Å². The number of carbonyl (C=O) groups is 2. The maximum absolute atomic E-state index is 13.4. The Kier molecular flexibility index (Phi) is 13.1. The number of amides is 1. The molecule has 37 heavy (non-hydrogen) atoms. The molecule has 7 heteroatoms. The van der Waals surface area contributed by atoms with E-state index in [2.05, 4.69) is 60.4 Å². The smallest absolute Gasteiger partial charge is 0.290 e. The summed E-state index contributed by atoms with van der Waals surface area (Å²) in [6.45, 7) is 10.9. The molecule has 2 N–H and O–H groups in total. The molecule has 4 rings (SSSR count). The summed E-state index contributed by atoms with van der Waals surface area (Å²) in [4.78, 5) is 23.7. The van der Waals surface area contributed by atoms with Gasteiger partial charge in [0.15, 0.2) is 0 Å². The third-order valence-corrected chi connectivity index (χ3v) is 6.06. The van der Waals surface area contributed by atoms with Crippen LogP contribution in [-0.2, 0) is 22.6 Å². The molecule has 0 bridgehead atoms. The van der Waals surface area contributed by atoms with Crippen LogP contribution in [0.25, 0.3) is 11.3 Å². The summed E-state index contributed by atoms with van der Waals surface area (Å²) >= 11 is 0. The molecular formula is C30H41N3O4. The fourth-order valence-corrected chi connectivity index (χ4v) is 4.37. The van der Waals surface area contributed by atoms with E-state index in [9.17, 15) is 4.79 Å². The second kappa shape index (κ2) is 16.3. The second-order valence-electron chi connectivity index (χ2n) is 8.90. The van der Waals surface area contributed by atoms with E-state index < -0.39 is 0 Å². The van der Waals surface area contributed by atoms with Gasteiger partial charge in [0, 0.05) is 31.0 Å². The molecule has 0 aliphatic carbocycles. The third kappa shape index (κ3) is 9.17. The van der Waals surface area contributed by atoms with Crippen LogP contribution in [0.2, 0.25) is 0 Å². The Bertz CT molecular complexity index is 1100. The number of hydrogen-bond donors (Lipinski definition) is 2. The number of unbranched alkanes of at least 4 members (excludes halogenated alkanes) is 1. The van der Waals surface area contributed by atoms with Crippen molar-refractivity contribution in [1.82, 2.24) is 15.1 Å². The molecule has 1 saturated heterocycles. The van der Waals surface area contributed by atoms with Gasteiger partial charge < -0.3 is 14.7 Å². The van der Waals surface area contributed by atoms with Crippen molar-refractivity contribution in [3.8, 4) is 11.3 Å². The predicted molar refractivity (Wildman–Crippen MR) is 148 cm³/mol. The number of aromatic nitrogens is 2. The van der Waals surface area contributed by atoms with Crippen molar-refractivity contribution >= 4 is 12.4 Å². The van der Waals surface area contributed by atoms with Crippen LogP contribution in [0.15, 0.2) is 48.5 Å². The van der Waals surface area contributed by atoms with E-state index in [1.54, 1.807) is 0 Å². The van der Waals surface area contributed by atoms with Gasteiger partial charge in [-0.05, 0) is 57.6 Å². The summed E-state index contributed by atoms with van der Waals surface area (Å²) in [6, 6.07) is 16.6. The second-order valence-corrected chi connectivity index (χ2v) is 8.90. The molecule has 1 aromatic heterocycles. The first-order chi connectivity index (χ1) is 18.0. The van der Waals surface area contributed by atoms with Gasteiger partial charge >= 0.3 is 0 Å². The molecule has 0 atom stereocenters. The zero-order chi connectivity index (χ0) is 27.0. The van der Waals surface area contributed by atoms with Gasteiger partial charge in [-0.1, -0.05) is 67.4 Å². The van der Waals surface area contributed by atoms with Crippen LogP contribution in [0.5, 0.6) is 0 Å². The Morgan fingerprint density at radius 3 is 2.35 bits per heavy atom. The lowest BCUT2D eigenvalue weighted by molar-refractivity contribution is -0.122. The van der Waals surface area contributed by atoms with Gasteiger partial charge in [-0.3, -0.25) is 14.7 Å². The van der Waals surface area contributed by atoms with Crippen molar-refractivity contribution in [2.45, 2.75) is 66.4 Å². The Labute approximate surface area is 220 Å². The standard InChI is InChI=1S/C27H33N3O2.C2H6.CH2O2/c1-20-9-7-11-22(17-20)19-32-16-6-3-13-24-25(27(31)30-14-4-5-15-30)26(29-28-24)23-12-8-10-21(2)18-23;1-2;2-1-3/h7-12,17-18H,3-6,13-16,19H2,1-2H3,(H,28,29);1-2H3;1H,(H,2,3). The number of H-pyrrole nitrogens is 1. The summed E-state index contributed by atoms with van der Waals surface area (Å²) in [5.41, 5.74) is 7.09. The van der Waals surface area contributed by atoms with Gasteiger partial charge in [0.1, 0.15) is 5.69 Å². The molecule has 200 valence electrons. The number of nitrogens with zero attached hydrogens (tertiary/aromatic N) is 2. The fourth-order valence-electron chi connectivity index (χ4n) is 4.37. The summed E-state index contributed by atoms with van der Waals surface area (Å²) in [6.07, 6.45) is 4.85. The molecule has 2 aromatic carbocycles. The Morgan fingerprint density at radius 2 is 1.70 bits per heavy atom. The summed E-state index contributed by atoms with van der Waals surface area (Å²) < 4.78 is 5.86. The summed E-state index contributed by atoms with van der Waals surface area (Å²) in [5.74, 6) is 0.110. The quantitative estimate of drug-likeness (QED) is 0.266. The van der Waals surface area contributed by atoms with Crippen molar-refractivity contribution in [2.24, 2.45) is 0 Å². The lowest BCUT2D eigenvalue weighted by atomic mass is 10.0. The topological polar surface area (TPSA) is 95.5 Å². The molecule has 1 aliphatic heterocycles. The van der Waals surface area contributed by atoms with Crippen LogP contribution >= 0.6 is 0 Å². The van der Waals surface area contributed by atoms with Crippen LogP contribution in [-0.4, -0.2) is 52.3 Å². The average molecular weight is 508 g/mol. The number of nitrogens with one attached hydrogen (secondary N) is 1. The Hall–Kier alpha value is -3.45. The molecular weight excluding hydrogens is 466 g/mol. The highest BCUT2D eigenvalue weighted by Gasteiger charge is 2.27. The molecule has 1 fully saturated rings. The number of hydrogen-bond acceptors (Lipinski definition) is 4. The van der Waals surface area contributed by atoms with Crippen molar-refractivity contribution in [3.63, 3.8) is 0 Å². The lowest BCUT2D eigenvalue weighted by Crippen LogP contribution is -2.28. The number of likely N-dealkylation sites (tertiary alicyclic amines) is 1. The molecule has 0 radical (unpaired) electrons. The van der Waals surface area contributed by atoms with Crippen LogP contribution in [0, 0.1) is 13.8 Å². The minimum atomic E-state index is -0.250. The Morgan fingerprint density at radius 1 is 1.05 bits per heavy atom. The minimum absolute atomic E-state index is 0.110. The zero-order valence-electron chi connectivity index (χ0n) is 22.6. The first kappa shape index (κ1) is 29.8. The van der Waals surface area contributed by atoms with E-state index in [0.717, 1.165) is 73.3 Å². The number of aromatic amines is 1. The van der Waals surface area contributed by atoms with Crippen LogP contribution < -0.4 is 0 Å². The number of aryl methyl sites for hydroxylation is 3. The van der Waals surface area contributed by atoms with E-state index in [-0.39, 0.29) is 12.4 Å². The molecule has 0 saturated carbocycles. The van der Waals surface area contributed by atoms with Gasteiger partial charge in [0.25, 0.3) is 12.4 Å². The Balaban J connectivity index is 0.000000898. The summed E-state index contributed by atoms with van der Waals surface area (Å²) in [5, 5.41) is 14.6. The van der Waals surface area contributed by atoms with Gasteiger partial charge in [-0.25, -0.2) is 0 Å². The van der Waals surface area contributed by atoms with Crippen molar-refractivity contribution < 1.29 is 19.4 Å². The number of carboxylic acid groups (broad SMARTS) is 1. The fraction of sp³-hybridized carbons (Fsp3) is 0.433. The van der Waals surface area contributed by atoms with Gasteiger partial charge in [0.05, 0.1) is 12.2 Å². The monoisotopic (exact) mass is 507 g/mol. The van der Waals surface area contributed by atoms with Gasteiger partial charge in [0.2, 0.25) is 0 Å². The number of carbonyl (C=O) groups excluding carboxylic acids is 1. The lowest BCUT2D eigenvalue weighted by Gasteiger charge is -2.16. The largest absolute Gasteiger partial charge is 0.483 e. The molecule has 3 aromatic rings. The molecule has 2 heterocycles. The third-order valence-electron chi connectivity index (χ3n) is 6.06. The van der Waals surface area contributed by atoms with Gasteiger partial charge in [-0.15, -0.1) is 0 Å². The van der Waals surface area contributed by atoms with E-state index >= 15 is 0 Å². The predicted octanol–water partition coefficient (Wildman–Crippen LogP) is 6.20. The maximum atomic E-state index is 13.4. The highest BCUT2D eigenvalue weighted by molar-refractivity contribution is 6.01. The van der Waals surface area contributed by atoms with Crippen molar-refractivity contribution in [2.75, 3.05) is 19.7 Å². The van der Waals surface area contributed by atoms with E-state index in [4.69, 9.17) is 14.6 Å². The SMILES string of the molecule is CC.Cc1cccc(COCCCCc2[nH]nc(-c3cccc(C)c3)c2C(=O)N2CCCC2)c1.O=CO. The molecule has 1 amide bonds. The van der Waals surface area contributed by atoms with Crippen LogP contribution in [0.3, 0.4) is 0 Å². The highest BCUT2D eigenvalue weighted by Crippen LogP contribution is 2.28. The normalized spacial score (nSPS) is 12.3. The minimum Gasteiger partial charge on any atom is -0.483 e. The first-order valence-electron chi connectivity index (χ1n) is 13.2. The molecule has 0 unspecified atom stereocenters. The zero-order valence-corrected chi connectivity index (χ0v) is 22.6. The number of benzene rings is 2. The van der Waals surface area contributed by atoms with E-state index in [0.29, 0.717) is 13.2 Å². The highest BCUT2D eigenvalue weighted by atomic mass is 16.5. The van der Waals surface area contributed by atoms with Crippen molar-refractivity contribution in [3.05, 3.63) is 76.5 Å². The van der Waals surface area contributed by atoms with Gasteiger partial charge in [-0.2, -0.15) is 5.10 Å². The maximum Gasteiger partial charge on any atom is 0.290 e. The summed E-state index contributed by atoms with van der Waals surface area (Å²) in [7, 11) is 0. The first-order valence-corrected chi connectivity index (χ1v) is 13.2. The molecule has 7 nitrogen and oxygen atoms in total. The molecule has 1 aliphatic rings. The number of ether oxygens (including phenoxy) is 1. The average Bonchev–Trinajstić information content (AvgIpc) is 3.58. The van der Waals surface area contributed by atoms with E-state index in [1.165, 1.54) is 11.1 Å². The van der Waals surface area contributed by atoms with Crippen LogP contribution in [0.1, 0.15) is 72.3 Å². The van der Waals surface area contributed by atoms with Crippen LogP contribution in [0.4, 0.5) is 0 Å². The number of rotatable bonds is 9. The molecule has 0 spiro atoms. The van der Waals surface area contributed by atoms with E-state index in [1.807, 2.05) is 30.9 Å².